The van der Waals surface area contributed by atoms with Crippen molar-refractivity contribution in [2.75, 3.05) is 0 Å². The Morgan fingerprint density at radius 1 is 1.64 bits per heavy atom. The van der Waals surface area contributed by atoms with Crippen LogP contribution in [0.4, 0.5) is 0 Å². The van der Waals surface area contributed by atoms with E-state index in [0.29, 0.717) is 0 Å². The van der Waals surface area contributed by atoms with E-state index < -0.39 is 0 Å². The largest absolute Gasteiger partial charge is 0.324 e. The molecule has 2 N–H and O–H groups in total. The number of rotatable bonds is 4. The molecular formula is C11H19N3. The molecular weight excluding hydrogens is 174 g/mol. The molecule has 0 amide bonds. The summed E-state index contributed by atoms with van der Waals surface area (Å²) in [6, 6.07) is 0.195. The molecule has 1 saturated carbocycles. The number of aryl methyl sites for hydroxylation is 1. The van der Waals surface area contributed by atoms with Crippen molar-refractivity contribution in [3.63, 3.8) is 0 Å². The molecule has 1 heterocycles. The highest BCUT2D eigenvalue weighted by Crippen LogP contribution is 2.33. The Morgan fingerprint density at radius 2 is 2.43 bits per heavy atom. The van der Waals surface area contributed by atoms with Crippen molar-refractivity contribution in [3.8, 4) is 0 Å². The minimum atomic E-state index is 0.195. The van der Waals surface area contributed by atoms with Crippen molar-refractivity contribution in [3.05, 3.63) is 18.0 Å². The van der Waals surface area contributed by atoms with Crippen LogP contribution in [0.1, 0.15) is 44.2 Å². The minimum absolute atomic E-state index is 0.195. The molecule has 1 aliphatic rings. The zero-order chi connectivity index (χ0) is 9.97. The van der Waals surface area contributed by atoms with Gasteiger partial charge in [-0.05, 0) is 19.3 Å². The van der Waals surface area contributed by atoms with Crippen LogP contribution in [0.2, 0.25) is 0 Å². The lowest BCUT2D eigenvalue weighted by Crippen LogP contribution is -2.19. The van der Waals surface area contributed by atoms with Crippen molar-refractivity contribution in [2.45, 2.75) is 45.2 Å². The first-order valence-electron chi connectivity index (χ1n) is 5.57. The minimum Gasteiger partial charge on any atom is -0.324 e. The third kappa shape index (κ3) is 1.98. The predicted octanol–water partition coefficient (Wildman–Crippen LogP) is 2.09. The van der Waals surface area contributed by atoms with Crippen LogP contribution >= 0.6 is 0 Å². The predicted molar refractivity (Wildman–Crippen MR) is 56.8 cm³/mol. The molecule has 0 aromatic carbocycles. The lowest BCUT2D eigenvalue weighted by molar-refractivity contribution is 0.277. The quantitative estimate of drug-likeness (QED) is 0.795. The molecule has 0 saturated heterocycles. The number of hydrogen-bond acceptors (Lipinski definition) is 2. The van der Waals surface area contributed by atoms with Gasteiger partial charge in [0.25, 0.3) is 0 Å². The zero-order valence-electron chi connectivity index (χ0n) is 8.82. The molecule has 1 atom stereocenters. The average Bonchev–Trinajstić information content (AvgIpc) is 2.59. The maximum atomic E-state index is 6.12. The second-order valence-electron chi connectivity index (χ2n) is 4.27. The van der Waals surface area contributed by atoms with Crippen LogP contribution in [0, 0.1) is 5.92 Å². The molecule has 1 fully saturated rings. The monoisotopic (exact) mass is 193 g/mol. The van der Waals surface area contributed by atoms with E-state index in [1.54, 1.807) is 0 Å². The smallest absolute Gasteiger partial charge is 0.0537 e. The molecule has 0 radical (unpaired) electrons. The Kier molecular flexibility index (Phi) is 2.87. The van der Waals surface area contributed by atoms with Crippen molar-refractivity contribution in [2.24, 2.45) is 11.7 Å². The summed E-state index contributed by atoms with van der Waals surface area (Å²) in [5.74, 6) is 0.870. The van der Waals surface area contributed by atoms with Crippen LogP contribution in [0.5, 0.6) is 0 Å². The molecule has 3 heteroatoms. The highest BCUT2D eigenvalue weighted by Gasteiger charge is 2.21. The van der Waals surface area contributed by atoms with Gasteiger partial charge in [-0.1, -0.05) is 19.3 Å². The van der Waals surface area contributed by atoms with E-state index in [1.165, 1.54) is 24.8 Å². The average molecular weight is 193 g/mol. The van der Waals surface area contributed by atoms with Gasteiger partial charge >= 0.3 is 0 Å². The summed E-state index contributed by atoms with van der Waals surface area (Å²) in [7, 11) is 0. The zero-order valence-corrected chi connectivity index (χ0v) is 8.82. The van der Waals surface area contributed by atoms with Crippen LogP contribution in [0.15, 0.2) is 12.4 Å². The summed E-state index contributed by atoms with van der Waals surface area (Å²) < 4.78 is 1.94. The topological polar surface area (TPSA) is 43.8 Å². The first-order chi connectivity index (χ1) is 6.79. The number of nitrogens with two attached hydrogens (primary N) is 1. The molecule has 0 bridgehead atoms. The number of hydrogen-bond donors (Lipinski definition) is 1. The van der Waals surface area contributed by atoms with Gasteiger partial charge in [0.2, 0.25) is 0 Å². The van der Waals surface area contributed by atoms with Crippen LogP contribution in [0.3, 0.4) is 0 Å². The van der Waals surface area contributed by atoms with E-state index in [0.717, 1.165) is 18.9 Å². The van der Waals surface area contributed by atoms with Gasteiger partial charge in [0.1, 0.15) is 0 Å². The Balaban J connectivity index is 1.92. The van der Waals surface area contributed by atoms with Crippen LogP contribution in [-0.4, -0.2) is 9.78 Å². The SMILES string of the molecule is CCn1cc(C(N)CC2CCC2)cn1. The summed E-state index contributed by atoms with van der Waals surface area (Å²) in [6.07, 6.45) is 9.25. The van der Waals surface area contributed by atoms with Gasteiger partial charge in [0.15, 0.2) is 0 Å². The summed E-state index contributed by atoms with van der Waals surface area (Å²) in [4.78, 5) is 0. The summed E-state index contributed by atoms with van der Waals surface area (Å²) in [5, 5.41) is 4.24. The second kappa shape index (κ2) is 4.13. The fourth-order valence-electron chi connectivity index (χ4n) is 1.97. The fraction of sp³-hybridized carbons (Fsp3) is 0.727. The second-order valence-corrected chi connectivity index (χ2v) is 4.27. The van der Waals surface area contributed by atoms with Gasteiger partial charge in [-0.3, -0.25) is 4.68 Å². The van der Waals surface area contributed by atoms with Gasteiger partial charge in [-0.25, -0.2) is 0 Å². The van der Waals surface area contributed by atoms with Crippen molar-refractivity contribution < 1.29 is 0 Å². The van der Waals surface area contributed by atoms with Gasteiger partial charge < -0.3 is 5.73 Å². The van der Waals surface area contributed by atoms with Crippen molar-refractivity contribution in [1.29, 1.82) is 0 Å². The molecule has 78 valence electrons. The Morgan fingerprint density at radius 3 is 2.93 bits per heavy atom. The maximum absolute atomic E-state index is 6.12. The van der Waals surface area contributed by atoms with E-state index in [1.807, 2.05) is 10.9 Å². The van der Waals surface area contributed by atoms with E-state index in [2.05, 4.69) is 18.2 Å². The molecule has 14 heavy (non-hydrogen) atoms. The first-order valence-corrected chi connectivity index (χ1v) is 5.57. The molecule has 1 aliphatic carbocycles. The van der Waals surface area contributed by atoms with Crippen LogP contribution in [0.25, 0.3) is 0 Å². The van der Waals surface area contributed by atoms with E-state index in [-0.39, 0.29) is 6.04 Å². The van der Waals surface area contributed by atoms with Gasteiger partial charge in [-0.15, -0.1) is 0 Å². The van der Waals surface area contributed by atoms with Crippen molar-refractivity contribution in [1.82, 2.24) is 9.78 Å². The van der Waals surface area contributed by atoms with E-state index in [9.17, 15) is 0 Å². The van der Waals surface area contributed by atoms with Crippen LogP contribution < -0.4 is 5.73 Å². The molecule has 3 nitrogen and oxygen atoms in total. The third-order valence-electron chi connectivity index (χ3n) is 3.22. The Labute approximate surface area is 85.3 Å². The molecule has 1 aromatic heterocycles. The molecule has 1 unspecified atom stereocenters. The molecule has 2 rings (SSSR count). The lowest BCUT2D eigenvalue weighted by atomic mass is 9.80. The lowest BCUT2D eigenvalue weighted by Gasteiger charge is -2.27. The Hall–Kier alpha value is -0.830. The number of nitrogens with zero attached hydrogens (tertiary/aromatic N) is 2. The number of aromatic nitrogens is 2. The highest BCUT2D eigenvalue weighted by molar-refractivity contribution is 5.09. The molecule has 0 spiro atoms. The van der Waals surface area contributed by atoms with E-state index in [4.69, 9.17) is 5.73 Å². The van der Waals surface area contributed by atoms with Crippen LogP contribution in [-0.2, 0) is 6.54 Å². The van der Waals surface area contributed by atoms with Crippen molar-refractivity contribution >= 4 is 0 Å². The van der Waals surface area contributed by atoms with Gasteiger partial charge in [0.05, 0.1) is 6.20 Å². The highest BCUT2D eigenvalue weighted by atomic mass is 15.3. The summed E-state index contributed by atoms with van der Waals surface area (Å²) in [5.41, 5.74) is 7.31. The molecule has 1 aromatic rings. The summed E-state index contributed by atoms with van der Waals surface area (Å²) >= 11 is 0. The van der Waals surface area contributed by atoms with Gasteiger partial charge in [-0.2, -0.15) is 5.10 Å². The fourth-order valence-corrected chi connectivity index (χ4v) is 1.97. The van der Waals surface area contributed by atoms with E-state index >= 15 is 0 Å². The maximum Gasteiger partial charge on any atom is 0.0537 e. The first kappa shape index (κ1) is 9.71. The summed E-state index contributed by atoms with van der Waals surface area (Å²) in [6.45, 7) is 3.02. The normalized spacial score (nSPS) is 19.3. The third-order valence-corrected chi connectivity index (χ3v) is 3.22. The standard InChI is InChI=1S/C11H19N3/c1-2-14-8-10(7-13-14)11(12)6-9-4-3-5-9/h7-9,11H,2-6,12H2,1H3. The molecule has 0 aliphatic heterocycles. The Bertz CT molecular complexity index is 288. The van der Waals surface area contributed by atoms with Gasteiger partial charge in [0, 0.05) is 24.3 Å².